The first-order valence-corrected chi connectivity index (χ1v) is 10.5. The van der Waals surface area contributed by atoms with Crippen molar-refractivity contribution >= 4 is 29.0 Å². The Morgan fingerprint density at radius 3 is 2.69 bits per heavy atom. The fraction of sp³-hybridized carbons (Fsp3) is 0.120. The van der Waals surface area contributed by atoms with E-state index in [2.05, 4.69) is 15.6 Å². The second-order valence-electron chi connectivity index (χ2n) is 7.41. The molecule has 0 fully saturated rings. The van der Waals surface area contributed by atoms with E-state index in [1.54, 1.807) is 30.5 Å². The molecule has 0 unspecified atom stereocenters. The molecule has 0 aliphatic carbocycles. The second-order valence-corrected chi connectivity index (χ2v) is 7.84. The van der Waals surface area contributed by atoms with E-state index in [9.17, 15) is 4.79 Å². The number of aryl methyl sites for hydroxylation is 1. The van der Waals surface area contributed by atoms with Crippen molar-refractivity contribution in [3.05, 3.63) is 101 Å². The minimum atomic E-state index is -0.163. The third-order valence-corrected chi connectivity index (χ3v) is 5.21. The standard InChI is InChI=1S/C25H23ClN4O2/c1-17-22(25(31)28-15-18-6-8-19(26)9-7-18)4-3-5-23(17)32-21-10-12-27-24(14-21)29-20-11-13-30(2)16-20/h3-14,16H,15H2,1-2H3,(H,27,29)(H,28,31). The number of amides is 1. The minimum absolute atomic E-state index is 0.163. The second kappa shape index (κ2) is 9.58. The predicted molar refractivity (Wildman–Crippen MR) is 127 cm³/mol. The number of halogens is 1. The van der Waals surface area contributed by atoms with E-state index in [-0.39, 0.29) is 5.91 Å². The first kappa shape index (κ1) is 21.5. The average molecular weight is 447 g/mol. The Balaban J connectivity index is 1.45. The van der Waals surface area contributed by atoms with Crippen molar-refractivity contribution < 1.29 is 9.53 Å². The molecule has 4 rings (SSSR count). The van der Waals surface area contributed by atoms with Gasteiger partial charge in [-0.15, -0.1) is 0 Å². The molecule has 0 aliphatic rings. The number of nitrogens with zero attached hydrogens (tertiary/aromatic N) is 2. The van der Waals surface area contributed by atoms with Gasteiger partial charge in [0, 0.05) is 54.4 Å². The zero-order chi connectivity index (χ0) is 22.5. The van der Waals surface area contributed by atoms with Crippen molar-refractivity contribution in [1.29, 1.82) is 0 Å². The van der Waals surface area contributed by atoms with E-state index >= 15 is 0 Å². The van der Waals surface area contributed by atoms with E-state index in [0.29, 0.717) is 34.4 Å². The fourth-order valence-corrected chi connectivity index (χ4v) is 3.37. The van der Waals surface area contributed by atoms with Crippen LogP contribution in [0.4, 0.5) is 11.5 Å². The zero-order valence-electron chi connectivity index (χ0n) is 17.8. The van der Waals surface area contributed by atoms with E-state index in [1.165, 1.54) is 0 Å². The van der Waals surface area contributed by atoms with Gasteiger partial charge in [0.25, 0.3) is 5.91 Å². The minimum Gasteiger partial charge on any atom is -0.457 e. The molecule has 2 N–H and O–H groups in total. The number of anilines is 2. The average Bonchev–Trinajstić information content (AvgIpc) is 3.19. The highest BCUT2D eigenvalue weighted by Gasteiger charge is 2.13. The van der Waals surface area contributed by atoms with Crippen LogP contribution in [-0.2, 0) is 13.6 Å². The van der Waals surface area contributed by atoms with Gasteiger partial charge in [0.2, 0.25) is 0 Å². The lowest BCUT2D eigenvalue weighted by Crippen LogP contribution is -2.23. The van der Waals surface area contributed by atoms with Crippen LogP contribution in [-0.4, -0.2) is 15.5 Å². The molecule has 0 spiro atoms. The number of hydrogen-bond donors (Lipinski definition) is 2. The van der Waals surface area contributed by atoms with E-state index in [1.807, 2.05) is 67.3 Å². The van der Waals surface area contributed by atoms with Crippen LogP contribution in [0.3, 0.4) is 0 Å². The lowest BCUT2D eigenvalue weighted by atomic mass is 10.1. The summed E-state index contributed by atoms with van der Waals surface area (Å²) in [4.78, 5) is 17.1. The summed E-state index contributed by atoms with van der Waals surface area (Å²) in [7, 11) is 1.96. The summed E-state index contributed by atoms with van der Waals surface area (Å²) in [5.74, 6) is 1.74. The summed E-state index contributed by atoms with van der Waals surface area (Å²) >= 11 is 5.92. The quantitative estimate of drug-likeness (QED) is 0.373. The molecule has 2 heterocycles. The molecule has 6 nitrogen and oxygen atoms in total. The maximum Gasteiger partial charge on any atom is 0.251 e. The van der Waals surface area contributed by atoms with E-state index < -0.39 is 0 Å². The number of carbonyl (C=O) groups is 1. The Labute approximate surface area is 191 Å². The number of benzene rings is 2. The molecule has 0 bridgehead atoms. The predicted octanol–water partition coefficient (Wildman–Crippen LogP) is 5.85. The first-order valence-electron chi connectivity index (χ1n) is 10.1. The molecule has 0 aliphatic heterocycles. The summed E-state index contributed by atoms with van der Waals surface area (Å²) in [5.41, 5.74) is 3.24. The van der Waals surface area contributed by atoms with Crippen molar-refractivity contribution in [3.63, 3.8) is 0 Å². The summed E-state index contributed by atoms with van der Waals surface area (Å²) in [6.45, 7) is 2.29. The molecule has 0 atom stereocenters. The lowest BCUT2D eigenvalue weighted by Gasteiger charge is -2.13. The van der Waals surface area contributed by atoms with Gasteiger partial charge >= 0.3 is 0 Å². The number of hydrogen-bond acceptors (Lipinski definition) is 4. The van der Waals surface area contributed by atoms with Crippen LogP contribution in [0.5, 0.6) is 11.5 Å². The molecular formula is C25H23ClN4O2. The summed E-state index contributed by atoms with van der Waals surface area (Å²) in [6, 6.07) is 18.4. The summed E-state index contributed by atoms with van der Waals surface area (Å²) < 4.78 is 8.03. The van der Waals surface area contributed by atoms with Gasteiger partial charge in [-0.05, 0) is 48.9 Å². The molecule has 1 amide bonds. The van der Waals surface area contributed by atoms with Crippen LogP contribution >= 0.6 is 11.6 Å². The van der Waals surface area contributed by atoms with Crippen LogP contribution in [0.1, 0.15) is 21.5 Å². The highest BCUT2D eigenvalue weighted by Crippen LogP contribution is 2.29. The number of rotatable bonds is 7. The van der Waals surface area contributed by atoms with Crippen molar-refractivity contribution in [3.8, 4) is 11.5 Å². The van der Waals surface area contributed by atoms with Gasteiger partial charge in [0.15, 0.2) is 0 Å². The lowest BCUT2D eigenvalue weighted by molar-refractivity contribution is 0.0950. The molecule has 162 valence electrons. The number of aromatic nitrogens is 2. The van der Waals surface area contributed by atoms with Crippen molar-refractivity contribution in [2.75, 3.05) is 5.32 Å². The molecule has 32 heavy (non-hydrogen) atoms. The molecule has 2 aromatic heterocycles. The Hall–Kier alpha value is -3.77. The van der Waals surface area contributed by atoms with Crippen LogP contribution in [0.2, 0.25) is 5.02 Å². The monoisotopic (exact) mass is 446 g/mol. The normalized spacial score (nSPS) is 10.6. The first-order chi connectivity index (χ1) is 15.5. The van der Waals surface area contributed by atoms with Gasteiger partial charge in [-0.2, -0.15) is 0 Å². The smallest absolute Gasteiger partial charge is 0.251 e. The largest absolute Gasteiger partial charge is 0.457 e. The van der Waals surface area contributed by atoms with Crippen LogP contribution in [0, 0.1) is 6.92 Å². The maximum absolute atomic E-state index is 12.8. The molecule has 4 aromatic rings. The molecule has 7 heteroatoms. The van der Waals surface area contributed by atoms with Crippen LogP contribution < -0.4 is 15.4 Å². The Bertz CT molecular complexity index is 1230. The number of pyridine rings is 1. The summed E-state index contributed by atoms with van der Waals surface area (Å²) in [5, 5.41) is 6.86. The van der Waals surface area contributed by atoms with Gasteiger partial charge in [0.1, 0.15) is 17.3 Å². The SMILES string of the molecule is Cc1c(Oc2ccnc(Nc3ccn(C)c3)c2)cccc1C(=O)NCc1ccc(Cl)cc1. The zero-order valence-corrected chi connectivity index (χ0v) is 18.6. The Kier molecular flexibility index (Phi) is 6.42. The van der Waals surface area contributed by atoms with Gasteiger partial charge < -0.3 is 19.9 Å². The summed E-state index contributed by atoms with van der Waals surface area (Å²) in [6.07, 6.45) is 5.60. The van der Waals surface area contributed by atoms with Gasteiger partial charge in [-0.3, -0.25) is 4.79 Å². The maximum atomic E-state index is 12.8. The third-order valence-electron chi connectivity index (χ3n) is 4.96. The van der Waals surface area contributed by atoms with Crippen LogP contribution in [0.25, 0.3) is 0 Å². The number of ether oxygens (including phenoxy) is 1. The van der Waals surface area contributed by atoms with Crippen molar-refractivity contribution in [2.45, 2.75) is 13.5 Å². The molecular weight excluding hydrogens is 424 g/mol. The van der Waals surface area contributed by atoms with E-state index in [4.69, 9.17) is 16.3 Å². The number of carbonyl (C=O) groups excluding carboxylic acids is 1. The van der Waals surface area contributed by atoms with Gasteiger partial charge in [0.05, 0.1) is 5.69 Å². The topological polar surface area (TPSA) is 68.2 Å². The van der Waals surface area contributed by atoms with E-state index in [0.717, 1.165) is 16.8 Å². The number of nitrogens with one attached hydrogen (secondary N) is 2. The molecule has 0 saturated carbocycles. The highest BCUT2D eigenvalue weighted by atomic mass is 35.5. The highest BCUT2D eigenvalue weighted by molar-refractivity contribution is 6.30. The molecule has 0 radical (unpaired) electrons. The van der Waals surface area contributed by atoms with Crippen molar-refractivity contribution in [2.24, 2.45) is 7.05 Å². The Morgan fingerprint density at radius 2 is 1.94 bits per heavy atom. The fourth-order valence-electron chi connectivity index (χ4n) is 3.25. The van der Waals surface area contributed by atoms with Gasteiger partial charge in [-0.25, -0.2) is 4.98 Å². The molecule has 2 aromatic carbocycles. The molecule has 0 saturated heterocycles. The van der Waals surface area contributed by atoms with Crippen LogP contribution in [0.15, 0.2) is 79.3 Å². The third kappa shape index (κ3) is 5.28. The van der Waals surface area contributed by atoms with Gasteiger partial charge in [-0.1, -0.05) is 29.8 Å². The Morgan fingerprint density at radius 1 is 1.12 bits per heavy atom. The van der Waals surface area contributed by atoms with Crippen molar-refractivity contribution in [1.82, 2.24) is 14.9 Å².